The molecule has 0 atom stereocenters. The molecule has 3 rings (SSSR count). The number of nitrogens with one attached hydrogen (secondary N) is 1. The smallest absolute Gasteiger partial charge is 0.250 e. The fraction of sp³-hybridized carbons (Fsp3) is 0.111. The van der Waals surface area contributed by atoms with Crippen LogP contribution in [-0.4, -0.2) is 17.5 Å². The Labute approximate surface area is 148 Å². The molecular weight excluding hydrogens is 344 g/mol. The van der Waals surface area contributed by atoms with E-state index in [0.29, 0.717) is 16.8 Å². The summed E-state index contributed by atoms with van der Waals surface area (Å²) in [5, 5.41) is 3.92. The van der Waals surface area contributed by atoms with Crippen LogP contribution < -0.4 is 10.1 Å². The van der Waals surface area contributed by atoms with Crippen LogP contribution in [0.3, 0.4) is 0 Å². The van der Waals surface area contributed by atoms with E-state index in [9.17, 15) is 4.79 Å². The van der Waals surface area contributed by atoms with Gasteiger partial charge in [0, 0.05) is 11.1 Å². The molecule has 0 radical (unpaired) electrons. The Morgan fingerprint density at radius 2 is 2.17 bits per heavy atom. The van der Waals surface area contributed by atoms with Crippen molar-refractivity contribution in [2.45, 2.75) is 6.92 Å². The summed E-state index contributed by atoms with van der Waals surface area (Å²) in [6.07, 6.45) is 3.12. The van der Waals surface area contributed by atoms with Gasteiger partial charge in [0.1, 0.15) is 5.75 Å². The van der Waals surface area contributed by atoms with Crippen molar-refractivity contribution in [3.8, 4) is 5.75 Å². The number of hydrogen-bond acceptors (Lipinski definition) is 4. The highest BCUT2D eigenvalue weighted by molar-refractivity contribution is 7.22. The van der Waals surface area contributed by atoms with Crippen LogP contribution in [0.2, 0.25) is 5.02 Å². The van der Waals surface area contributed by atoms with E-state index in [-0.39, 0.29) is 5.91 Å². The Morgan fingerprint density at radius 3 is 2.96 bits per heavy atom. The molecule has 24 heavy (non-hydrogen) atoms. The molecule has 1 N–H and O–H groups in total. The third-order valence-corrected chi connectivity index (χ3v) is 4.50. The van der Waals surface area contributed by atoms with Crippen molar-refractivity contribution in [2.75, 3.05) is 11.9 Å². The largest absolute Gasteiger partial charge is 0.494 e. The van der Waals surface area contributed by atoms with Gasteiger partial charge >= 0.3 is 0 Å². The van der Waals surface area contributed by atoms with Gasteiger partial charge in [-0.1, -0.05) is 41.1 Å². The molecule has 0 aliphatic heterocycles. The zero-order chi connectivity index (χ0) is 16.9. The molecule has 0 bridgehead atoms. The van der Waals surface area contributed by atoms with Crippen LogP contribution in [-0.2, 0) is 4.79 Å². The average molecular weight is 359 g/mol. The summed E-state index contributed by atoms with van der Waals surface area (Å²) in [7, 11) is 0. The van der Waals surface area contributed by atoms with E-state index in [1.165, 1.54) is 17.4 Å². The first-order chi connectivity index (χ1) is 11.7. The maximum atomic E-state index is 12.0. The van der Waals surface area contributed by atoms with Crippen LogP contribution >= 0.6 is 22.9 Å². The van der Waals surface area contributed by atoms with E-state index < -0.39 is 0 Å². The summed E-state index contributed by atoms with van der Waals surface area (Å²) in [6, 6.07) is 13.0. The van der Waals surface area contributed by atoms with E-state index >= 15 is 0 Å². The molecule has 1 amide bonds. The van der Waals surface area contributed by atoms with Crippen LogP contribution in [0.25, 0.3) is 16.3 Å². The predicted octanol–water partition coefficient (Wildman–Crippen LogP) is 5.00. The van der Waals surface area contributed by atoms with Crippen LogP contribution in [0.15, 0.2) is 48.5 Å². The zero-order valence-electron chi connectivity index (χ0n) is 13.0. The minimum atomic E-state index is -0.251. The second-order valence-corrected chi connectivity index (χ2v) is 6.36. The Kier molecular flexibility index (Phi) is 5.13. The molecule has 122 valence electrons. The minimum Gasteiger partial charge on any atom is -0.494 e. The lowest BCUT2D eigenvalue weighted by atomic mass is 10.2. The highest BCUT2D eigenvalue weighted by Crippen LogP contribution is 2.29. The Balaban J connectivity index is 1.72. The molecule has 0 saturated carbocycles. The van der Waals surface area contributed by atoms with Crippen molar-refractivity contribution < 1.29 is 9.53 Å². The highest BCUT2D eigenvalue weighted by atomic mass is 35.5. The number of rotatable bonds is 5. The zero-order valence-corrected chi connectivity index (χ0v) is 14.5. The summed E-state index contributed by atoms with van der Waals surface area (Å²) in [5.41, 5.74) is 1.62. The van der Waals surface area contributed by atoms with Crippen LogP contribution in [0.5, 0.6) is 5.75 Å². The second kappa shape index (κ2) is 7.47. The normalized spacial score (nSPS) is 11.1. The number of halogens is 1. The number of amides is 1. The molecule has 6 heteroatoms. The van der Waals surface area contributed by atoms with E-state index in [1.54, 1.807) is 12.1 Å². The van der Waals surface area contributed by atoms with Gasteiger partial charge in [-0.05, 0) is 42.8 Å². The van der Waals surface area contributed by atoms with Gasteiger partial charge in [-0.2, -0.15) is 0 Å². The number of fused-ring (bicyclic) bond motifs is 1. The van der Waals surface area contributed by atoms with Gasteiger partial charge in [-0.15, -0.1) is 0 Å². The van der Waals surface area contributed by atoms with Crippen LogP contribution in [0.4, 0.5) is 5.13 Å². The summed E-state index contributed by atoms with van der Waals surface area (Å²) < 4.78 is 6.44. The minimum absolute atomic E-state index is 0.251. The molecule has 2 aromatic carbocycles. The Hall–Kier alpha value is -2.37. The molecule has 0 aliphatic carbocycles. The number of thiazole rings is 1. The van der Waals surface area contributed by atoms with Crippen LogP contribution in [0, 0.1) is 0 Å². The van der Waals surface area contributed by atoms with Crippen molar-refractivity contribution in [1.29, 1.82) is 0 Å². The lowest BCUT2D eigenvalue weighted by Crippen LogP contribution is -2.07. The molecule has 0 fully saturated rings. The van der Waals surface area contributed by atoms with Gasteiger partial charge in [0.2, 0.25) is 5.91 Å². The van der Waals surface area contributed by atoms with Gasteiger partial charge in [-0.3, -0.25) is 10.1 Å². The predicted molar refractivity (Wildman–Crippen MR) is 99.9 cm³/mol. The summed E-state index contributed by atoms with van der Waals surface area (Å²) >= 11 is 7.46. The number of anilines is 1. The Bertz CT molecular complexity index is 905. The summed E-state index contributed by atoms with van der Waals surface area (Å²) in [6.45, 7) is 2.55. The molecule has 4 nitrogen and oxygen atoms in total. The van der Waals surface area contributed by atoms with Gasteiger partial charge < -0.3 is 4.74 Å². The van der Waals surface area contributed by atoms with Crippen molar-refractivity contribution in [3.63, 3.8) is 0 Å². The number of ether oxygens (including phenoxy) is 1. The van der Waals surface area contributed by atoms with E-state index in [1.807, 2.05) is 43.3 Å². The first-order valence-electron chi connectivity index (χ1n) is 7.42. The van der Waals surface area contributed by atoms with E-state index in [4.69, 9.17) is 16.3 Å². The fourth-order valence-corrected chi connectivity index (χ4v) is 3.23. The second-order valence-electron chi connectivity index (χ2n) is 4.93. The number of carbonyl (C=O) groups is 1. The summed E-state index contributed by atoms with van der Waals surface area (Å²) in [5.74, 6) is 0.546. The average Bonchev–Trinajstić information content (AvgIpc) is 2.96. The van der Waals surface area contributed by atoms with Gasteiger partial charge in [0.05, 0.1) is 16.8 Å². The summed E-state index contributed by atoms with van der Waals surface area (Å²) in [4.78, 5) is 16.4. The van der Waals surface area contributed by atoms with Crippen molar-refractivity contribution >= 4 is 50.3 Å². The standard InChI is InChI=1S/C18H15ClN2O2S/c1-2-23-13-8-9-15-16(11-13)24-18(20-15)21-17(22)10-7-12-5-3-4-6-14(12)19/h3-11H,2H2,1H3,(H,20,21,22)/b10-7+. The van der Waals surface area contributed by atoms with E-state index in [2.05, 4.69) is 10.3 Å². The number of hydrogen-bond donors (Lipinski definition) is 1. The van der Waals surface area contributed by atoms with E-state index in [0.717, 1.165) is 21.5 Å². The van der Waals surface area contributed by atoms with Gasteiger partial charge in [0.25, 0.3) is 0 Å². The molecule has 0 aliphatic rings. The lowest BCUT2D eigenvalue weighted by molar-refractivity contribution is -0.111. The molecule has 0 saturated heterocycles. The van der Waals surface area contributed by atoms with Crippen molar-refractivity contribution in [1.82, 2.24) is 4.98 Å². The maximum absolute atomic E-state index is 12.0. The maximum Gasteiger partial charge on any atom is 0.250 e. The Morgan fingerprint density at radius 1 is 1.33 bits per heavy atom. The van der Waals surface area contributed by atoms with Crippen LogP contribution in [0.1, 0.15) is 12.5 Å². The first-order valence-corrected chi connectivity index (χ1v) is 8.62. The third-order valence-electron chi connectivity index (χ3n) is 3.22. The molecule has 3 aromatic rings. The number of aromatic nitrogens is 1. The molecular formula is C18H15ClN2O2S. The topological polar surface area (TPSA) is 51.2 Å². The highest BCUT2D eigenvalue weighted by Gasteiger charge is 2.07. The number of benzene rings is 2. The first kappa shape index (κ1) is 16.5. The SMILES string of the molecule is CCOc1ccc2nc(NC(=O)/C=C/c3ccccc3Cl)sc2c1. The van der Waals surface area contributed by atoms with Crippen molar-refractivity contribution in [2.24, 2.45) is 0 Å². The quantitative estimate of drug-likeness (QED) is 0.653. The monoisotopic (exact) mass is 358 g/mol. The fourth-order valence-electron chi connectivity index (χ4n) is 2.14. The molecule has 0 unspecified atom stereocenters. The molecule has 1 heterocycles. The van der Waals surface area contributed by atoms with Crippen molar-refractivity contribution in [3.05, 3.63) is 59.1 Å². The van der Waals surface area contributed by atoms with Gasteiger partial charge in [0.15, 0.2) is 5.13 Å². The number of carbonyl (C=O) groups excluding carboxylic acids is 1. The lowest BCUT2D eigenvalue weighted by Gasteiger charge is -2.00. The molecule has 1 aromatic heterocycles. The molecule has 0 spiro atoms. The van der Waals surface area contributed by atoms with Gasteiger partial charge in [-0.25, -0.2) is 4.98 Å². The third kappa shape index (κ3) is 3.93. The number of nitrogens with zero attached hydrogens (tertiary/aromatic N) is 1.